The molecule has 21 heavy (non-hydrogen) atoms. The van der Waals surface area contributed by atoms with Gasteiger partial charge in [0.25, 0.3) is 0 Å². The molecule has 3 rings (SSSR count). The third kappa shape index (κ3) is 3.06. The van der Waals surface area contributed by atoms with Gasteiger partial charge >= 0.3 is 0 Å². The second kappa shape index (κ2) is 5.47. The summed E-state index contributed by atoms with van der Waals surface area (Å²) in [6.07, 6.45) is 2.40. The van der Waals surface area contributed by atoms with Crippen molar-refractivity contribution in [1.82, 2.24) is 10.2 Å². The Bertz CT molecular complexity index is 571. The van der Waals surface area contributed by atoms with E-state index in [9.17, 15) is 14.0 Å². The lowest BCUT2D eigenvalue weighted by molar-refractivity contribution is -0.129. The fourth-order valence-electron chi connectivity index (χ4n) is 2.84. The molecule has 2 aliphatic rings. The number of nitrogens with zero attached hydrogens (tertiary/aromatic N) is 1. The minimum atomic E-state index is -0.315. The topological polar surface area (TPSA) is 49.4 Å². The first kappa shape index (κ1) is 14.0. The first-order valence-electron chi connectivity index (χ1n) is 7.40. The standard InChI is InChI=1S/C16H19FN2O2/c1-10(11-3-2-4-13(17)7-11)18-16(21)12-8-15(20)19(9-12)14-5-6-14/h2-4,7,10,12,14H,5-6,8-9H2,1H3,(H,18,21). The fourth-order valence-corrected chi connectivity index (χ4v) is 2.84. The minimum Gasteiger partial charge on any atom is -0.349 e. The van der Waals surface area contributed by atoms with Crippen molar-refractivity contribution in [3.05, 3.63) is 35.6 Å². The third-order valence-electron chi connectivity index (χ3n) is 4.22. The molecule has 1 aliphatic heterocycles. The van der Waals surface area contributed by atoms with E-state index in [0.717, 1.165) is 18.4 Å². The Morgan fingerprint density at radius 1 is 1.43 bits per heavy atom. The van der Waals surface area contributed by atoms with Gasteiger partial charge in [0, 0.05) is 19.0 Å². The molecule has 1 aromatic carbocycles. The van der Waals surface area contributed by atoms with Crippen molar-refractivity contribution in [2.75, 3.05) is 6.54 Å². The van der Waals surface area contributed by atoms with Gasteiger partial charge in [-0.15, -0.1) is 0 Å². The van der Waals surface area contributed by atoms with E-state index in [2.05, 4.69) is 5.32 Å². The molecule has 1 N–H and O–H groups in total. The van der Waals surface area contributed by atoms with Gasteiger partial charge in [-0.05, 0) is 37.5 Å². The highest BCUT2D eigenvalue weighted by Crippen LogP contribution is 2.32. The Balaban J connectivity index is 1.60. The number of carbonyl (C=O) groups excluding carboxylic acids is 2. The number of rotatable bonds is 4. The molecule has 0 aromatic heterocycles. The highest BCUT2D eigenvalue weighted by Gasteiger charge is 2.41. The second-order valence-corrected chi connectivity index (χ2v) is 5.96. The Morgan fingerprint density at radius 2 is 2.19 bits per heavy atom. The van der Waals surface area contributed by atoms with Gasteiger partial charge in [0.05, 0.1) is 12.0 Å². The van der Waals surface area contributed by atoms with Crippen LogP contribution >= 0.6 is 0 Å². The van der Waals surface area contributed by atoms with Gasteiger partial charge in [-0.2, -0.15) is 0 Å². The molecule has 5 heteroatoms. The van der Waals surface area contributed by atoms with Crippen molar-refractivity contribution < 1.29 is 14.0 Å². The van der Waals surface area contributed by atoms with Crippen LogP contribution in [0.15, 0.2) is 24.3 Å². The Hall–Kier alpha value is -1.91. The number of hydrogen-bond acceptors (Lipinski definition) is 2. The number of likely N-dealkylation sites (tertiary alicyclic amines) is 1. The van der Waals surface area contributed by atoms with E-state index in [4.69, 9.17) is 0 Å². The molecular formula is C16H19FN2O2. The Labute approximate surface area is 123 Å². The van der Waals surface area contributed by atoms with Crippen LogP contribution in [-0.2, 0) is 9.59 Å². The lowest BCUT2D eigenvalue weighted by Crippen LogP contribution is -2.35. The summed E-state index contributed by atoms with van der Waals surface area (Å²) in [5.74, 6) is -0.641. The number of benzene rings is 1. The van der Waals surface area contributed by atoms with Crippen molar-refractivity contribution in [3.8, 4) is 0 Å². The highest BCUT2D eigenvalue weighted by molar-refractivity contribution is 5.89. The van der Waals surface area contributed by atoms with E-state index in [0.29, 0.717) is 12.6 Å². The summed E-state index contributed by atoms with van der Waals surface area (Å²) in [4.78, 5) is 26.0. The van der Waals surface area contributed by atoms with Crippen LogP contribution in [0.4, 0.5) is 4.39 Å². The SMILES string of the molecule is CC(NC(=O)C1CC(=O)N(C2CC2)C1)c1cccc(F)c1. The van der Waals surface area contributed by atoms with Crippen LogP contribution in [-0.4, -0.2) is 29.3 Å². The molecule has 1 aliphatic carbocycles. The maximum absolute atomic E-state index is 13.2. The minimum absolute atomic E-state index is 0.0797. The van der Waals surface area contributed by atoms with Gasteiger partial charge in [0.1, 0.15) is 5.82 Å². The van der Waals surface area contributed by atoms with E-state index in [1.165, 1.54) is 12.1 Å². The molecule has 1 saturated heterocycles. The van der Waals surface area contributed by atoms with Crippen LogP contribution < -0.4 is 5.32 Å². The first-order chi connectivity index (χ1) is 10.0. The predicted molar refractivity (Wildman–Crippen MR) is 75.8 cm³/mol. The van der Waals surface area contributed by atoms with Crippen LogP contribution in [0.25, 0.3) is 0 Å². The monoisotopic (exact) mass is 290 g/mol. The van der Waals surface area contributed by atoms with Crippen molar-refractivity contribution in [2.24, 2.45) is 5.92 Å². The molecular weight excluding hydrogens is 271 g/mol. The summed E-state index contributed by atoms with van der Waals surface area (Å²) in [7, 11) is 0. The maximum atomic E-state index is 13.2. The summed E-state index contributed by atoms with van der Waals surface area (Å²) >= 11 is 0. The number of nitrogens with one attached hydrogen (secondary N) is 1. The molecule has 1 heterocycles. The van der Waals surface area contributed by atoms with E-state index in [-0.39, 0.29) is 36.0 Å². The lowest BCUT2D eigenvalue weighted by atomic mass is 10.0. The zero-order valence-electron chi connectivity index (χ0n) is 12.0. The molecule has 1 aromatic rings. The van der Waals surface area contributed by atoms with Gasteiger partial charge in [-0.3, -0.25) is 9.59 Å². The quantitative estimate of drug-likeness (QED) is 0.922. The molecule has 2 unspecified atom stereocenters. The van der Waals surface area contributed by atoms with Crippen molar-refractivity contribution in [1.29, 1.82) is 0 Å². The molecule has 112 valence electrons. The van der Waals surface area contributed by atoms with Gasteiger partial charge in [-0.25, -0.2) is 4.39 Å². The second-order valence-electron chi connectivity index (χ2n) is 5.96. The van der Waals surface area contributed by atoms with Crippen molar-refractivity contribution >= 4 is 11.8 Å². The van der Waals surface area contributed by atoms with Crippen LogP contribution in [0.1, 0.15) is 37.8 Å². The summed E-state index contributed by atoms with van der Waals surface area (Å²) in [6.45, 7) is 2.34. The van der Waals surface area contributed by atoms with Crippen molar-refractivity contribution in [3.63, 3.8) is 0 Å². The van der Waals surface area contributed by atoms with Crippen LogP contribution in [0.3, 0.4) is 0 Å². The van der Waals surface area contributed by atoms with E-state index < -0.39 is 0 Å². The largest absolute Gasteiger partial charge is 0.349 e. The normalized spacial score (nSPS) is 23.2. The summed E-state index contributed by atoms with van der Waals surface area (Å²) < 4.78 is 13.2. The zero-order chi connectivity index (χ0) is 15.0. The molecule has 2 atom stereocenters. The van der Waals surface area contributed by atoms with Crippen LogP contribution in [0.5, 0.6) is 0 Å². The van der Waals surface area contributed by atoms with Crippen LogP contribution in [0.2, 0.25) is 0 Å². The summed E-state index contributed by atoms with van der Waals surface area (Å²) in [5, 5.41) is 2.88. The summed E-state index contributed by atoms with van der Waals surface area (Å²) in [6, 6.07) is 6.29. The summed E-state index contributed by atoms with van der Waals surface area (Å²) in [5.41, 5.74) is 0.728. The lowest BCUT2D eigenvalue weighted by Gasteiger charge is -2.18. The average Bonchev–Trinajstić information content (AvgIpc) is 3.21. The fraction of sp³-hybridized carbons (Fsp3) is 0.500. The highest BCUT2D eigenvalue weighted by atomic mass is 19.1. The van der Waals surface area contributed by atoms with Gasteiger partial charge in [-0.1, -0.05) is 12.1 Å². The number of halogens is 1. The number of amides is 2. The molecule has 2 fully saturated rings. The van der Waals surface area contributed by atoms with E-state index in [1.807, 2.05) is 11.8 Å². The molecule has 1 saturated carbocycles. The molecule has 0 spiro atoms. The zero-order valence-corrected chi connectivity index (χ0v) is 12.0. The van der Waals surface area contributed by atoms with Gasteiger partial charge in [0.2, 0.25) is 11.8 Å². The average molecular weight is 290 g/mol. The first-order valence-corrected chi connectivity index (χ1v) is 7.40. The third-order valence-corrected chi connectivity index (χ3v) is 4.22. The molecule has 2 amide bonds. The van der Waals surface area contributed by atoms with E-state index >= 15 is 0 Å². The number of hydrogen-bond donors (Lipinski definition) is 1. The molecule has 4 nitrogen and oxygen atoms in total. The molecule has 0 radical (unpaired) electrons. The Kier molecular flexibility index (Phi) is 3.66. The van der Waals surface area contributed by atoms with E-state index in [1.54, 1.807) is 12.1 Å². The van der Waals surface area contributed by atoms with Gasteiger partial charge in [0.15, 0.2) is 0 Å². The Morgan fingerprint density at radius 3 is 2.86 bits per heavy atom. The van der Waals surface area contributed by atoms with Gasteiger partial charge < -0.3 is 10.2 Å². The predicted octanol–water partition coefficient (Wildman–Crippen LogP) is 2.01. The number of carbonyl (C=O) groups is 2. The van der Waals surface area contributed by atoms with Crippen molar-refractivity contribution in [2.45, 2.75) is 38.3 Å². The smallest absolute Gasteiger partial charge is 0.225 e. The maximum Gasteiger partial charge on any atom is 0.225 e. The van der Waals surface area contributed by atoms with Crippen LogP contribution in [0, 0.1) is 11.7 Å². The molecule has 0 bridgehead atoms.